The second-order valence-corrected chi connectivity index (χ2v) is 4.61. The maximum atomic E-state index is 12.0. The Balaban J connectivity index is 1.80. The zero-order valence-electron chi connectivity index (χ0n) is 10.2. The number of amides is 1. The second kappa shape index (κ2) is 4.29. The molecule has 0 aliphatic heterocycles. The minimum Gasteiger partial charge on any atom is -0.360 e. The lowest BCUT2D eigenvalue weighted by molar-refractivity contribution is 0.102. The molecule has 4 nitrogen and oxygen atoms in total. The molecule has 0 fully saturated rings. The first-order valence-electron chi connectivity index (χ1n) is 6.09. The summed E-state index contributed by atoms with van der Waals surface area (Å²) in [5, 5.41) is 6.47. The third-order valence-corrected chi connectivity index (χ3v) is 3.23. The number of hydrogen-bond acceptors (Lipinski definition) is 3. The topological polar surface area (TPSA) is 55.1 Å². The van der Waals surface area contributed by atoms with Crippen molar-refractivity contribution in [1.82, 2.24) is 5.16 Å². The number of rotatable bonds is 2. The summed E-state index contributed by atoms with van der Waals surface area (Å²) in [6, 6.07) is 7.59. The van der Waals surface area contributed by atoms with E-state index < -0.39 is 0 Å². The molecule has 1 aliphatic carbocycles. The third kappa shape index (κ3) is 2.01. The van der Waals surface area contributed by atoms with Crippen molar-refractivity contribution in [2.24, 2.45) is 0 Å². The molecule has 0 unspecified atom stereocenters. The molecule has 92 valence electrons. The standard InChI is InChI=1S/C14H14N2O2/c1-9-7-13(16-18-9)15-14(17)12-6-5-10-3-2-4-11(10)8-12/h5-8H,2-4H2,1H3,(H,15,16,17). The molecule has 0 saturated heterocycles. The van der Waals surface area contributed by atoms with Crippen LogP contribution >= 0.6 is 0 Å². The highest BCUT2D eigenvalue weighted by Gasteiger charge is 2.14. The van der Waals surface area contributed by atoms with E-state index in [9.17, 15) is 4.79 Å². The van der Waals surface area contributed by atoms with Crippen LogP contribution in [0.25, 0.3) is 0 Å². The Hall–Kier alpha value is -2.10. The molecule has 0 bridgehead atoms. The fraction of sp³-hybridized carbons (Fsp3) is 0.286. The molecule has 3 rings (SSSR count). The van der Waals surface area contributed by atoms with Crippen molar-refractivity contribution in [2.75, 3.05) is 5.32 Å². The monoisotopic (exact) mass is 242 g/mol. The lowest BCUT2D eigenvalue weighted by Crippen LogP contribution is -2.12. The Labute approximate surface area is 105 Å². The summed E-state index contributed by atoms with van der Waals surface area (Å²) in [7, 11) is 0. The van der Waals surface area contributed by atoms with E-state index in [1.807, 2.05) is 18.2 Å². The van der Waals surface area contributed by atoms with Crippen LogP contribution in [0.5, 0.6) is 0 Å². The van der Waals surface area contributed by atoms with Crippen LogP contribution in [0, 0.1) is 6.92 Å². The van der Waals surface area contributed by atoms with Crippen LogP contribution in [0.4, 0.5) is 5.82 Å². The SMILES string of the molecule is Cc1cc(NC(=O)c2ccc3c(c2)CCC3)no1. The number of hydrogen-bond donors (Lipinski definition) is 1. The summed E-state index contributed by atoms with van der Waals surface area (Å²) in [6.45, 7) is 1.79. The molecule has 4 heteroatoms. The van der Waals surface area contributed by atoms with E-state index in [0.29, 0.717) is 17.1 Å². The van der Waals surface area contributed by atoms with Crippen LogP contribution in [-0.2, 0) is 12.8 Å². The van der Waals surface area contributed by atoms with E-state index in [1.54, 1.807) is 13.0 Å². The number of nitrogens with zero attached hydrogens (tertiary/aromatic N) is 1. The van der Waals surface area contributed by atoms with Crippen molar-refractivity contribution in [3.63, 3.8) is 0 Å². The Morgan fingerprint density at radius 2 is 2.11 bits per heavy atom. The molecule has 2 aromatic rings. The quantitative estimate of drug-likeness (QED) is 0.880. The van der Waals surface area contributed by atoms with Gasteiger partial charge in [0.1, 0.15) is 5.76 Å². The van der Waals surface area contributed by atoms with Gasteiger partial charge in [0, 0.05) is 11.6 Å². The number of carbonyl (C=O) groups is 1. The summed E-state index contributed by atoms with van der Waals surface area (Å²) in [6.07, 6.45) is 3.38. The molecular formula is C14H14N2O2. The number of benzene rings is 1. The predicted molar refractivity (Wildman–Crippen MR) is 67.7 cm³/mol. The molecule has 18 heavy (non-hydrogen) atoms. The Bertz CT molecular complexity index is 602. The first-order valence-corrected chi connectivity index (χ1v) is 6.09. The Morgan fingerprint density at radius 1 is 1.28 bits per heavy atom. The van der Waals surface area contributed by atoms with Crippen molar-refractivity contribution in [3.05, 3.63) is 46.7 Å². The van der Waals surface area contributed by atoms with Crippen molar-refractivity contribution in [1.29, 1.82) is 0 Å². The molecule has 1 N–H and O–H groups in total. The van der Waals surface area contributed by atoms with Gasteiger partial charge in [-0.25, -0.2) is 0 Å². The van der Waals surface area contributed by atoms with Crippen LogP contribution in [0.2, 0.25) is 0 Å². The smallest absolute Gasteiger partial charge is 0.256 e. The summed E-state index contributed by atoms with van der Waals surface area (Å²) in [5.41, 5.74) is 3.33. The number of nitrogens with one attached hydrogen (secondary N) is 1. The highest BCUT2D eigenvalue weighted by molar-refractivity contribution is 6.03. The zero-order chi connectivity index (χ0) is 12.5. The van der Waals surface area contributed by atoms with Crippen molar-refractivity contribution in [2.45, 2.75) is 26.2 Å². The van der Waals surface area contributed by atoms with Gasteiger partial charge >= 0.3 is 0 Å². The van der Waals surface area contributed by atoms with Gasteiger partial charge in [0.15, 0.2) is 5.82 Å². The van der Waals surface area contributed by atoms with Gasteiger partial charge in [-0.3, -0.25) is 4.79 Å². The number of aryl methyl sites for hydroxylation is 3. The molecule has 1 aliphatic rings. The van der Waals surface area contributed by atoms with E-state index in [4.69, 9.17) is 4.52 Å². The predicted octanol–water partition coefficient (Wildman–Crippen LogP) is 2.72. The summed E-state index contributed by atoms with van der Waals surface area (Å²) < 4.78 is 4.91. The third-order valence-electron chi connectivity index (χ3n) is 3.23. The molecule has 0 saturated carbocycles. The van der Waals surface area contributed by atoms with Crippen LogP contribution in [0.15, 0.2) is 28.8 Å². The van der Waals surface area contributed by atoms with Gasteiger partial charge < -0.3 is 9.84 Å². The number of anilines is 1. The highest BCUT2D eigenvalue weighted by atomic mass is 16.5. The molecule has 0 spiro atoms. The van der Waals surface area contributed by atoms with Crippen LogP contribution < -0.4 is 5.32 Å². The van der Waals surface area contributed by atoms with Crippen molar-refractivity contribution >= 4 is 11.7 Å². The van der Waals surface area contributed by atoms with Crippen LogP contribution in [-0.4, -0.2) is 11.1 Å². The summed E-state index contributed by atoms with van der Waals surface area (Å²) in [5.74, 6) is 0.996. The maximum Gasteiger partial charge on any atom is 0.256 e. The molecule has 1 heterocycles. The molecule has 1 aromatic heterocycles. The Morgan fingerprint density at radius 3 is 2.89 bits per heavy atom. The minimum absolute atomic E-state index is 0.141. The normalized spacial score (nSPS) is 13.4. The first-order chi connectivity index (χ1) is 8.72. The van der Waals surface area contributed by atoms with E-state index >= 15 is 0 Å². The van der Waals surface area contributed by atoms with Gasteiger partial charge in [0.2, 0.25) is 0 Å². The molecule has 0 atom stereocenters. The van der Waals surface area contributed by atoms with E-state index in [-0.39, 0.29) is 5.91 Å². The van der Waals surface area contributed by atoms with E-state index in [2.05, 4.69) is 10.5 Å². The molecule has 1 amide bonds. The van der Waals surface area contributed by atoms with E-state index in [1.165, 1.54) is 17.5 Å². The van der Waals surface area contributed by atoms with E-state index in [0.717, 1.165) is 12.8 Å². The zero-order valence-corrected chi connectivity index (χ0v) is 10.2. The number of fused-ring (bicyclic) bond motifs is 1. The van der Waals surface area contributed by atoms with Gasteiger partial charge in [-0.2, -0.15) is 0 Å². The maximum absolute atomic E-state index is 12.0. The largest absolute Gasteiger partial charge is 0.360 e. The molecular weight excluding hydrogens is 228 g/mol. The van der Waals surface area contributed by atoms with Crippen LogP contribution in [0.3, 0.4) is 0 Å². The number of carbonyl (C=O) groups excluding carboxylic acids is 1. The van der Waals surface area contributed by atoms with Gasteiger partial charge in [0.05, 0.1) is 0 Å². The lowest BCUT2D eigenvalue weighted by atomic mass is 10.1. The van der Waals surface area contributed by atoms with Crippen LogP contribution in [0.1, 0.15) is 33.7 Å². The minimum atomic E-state index is -0.141. The van der Waals surface area contributed by atoms with Gasteiger partial charge in [-0.05, 0) is 49.4 Å². The summed E-state index contributed by atoms with van der Waals surface area (Å²) >= 11 is 0. The average molecular weight is 242 g/mol. The molecule has 0 radical (unpaired) electrons. The fourth-order valence-electron chi connectivity index (χ4n) is 2.33. The average Bonchev–Trinajstić information content (AvgIpc) is 2.96. The number of aromatic nitrogens is 1. The Kier molecular flexibility index (Phi) is 2.63. The van der Waals surface area contributed by atoms with Crippen molar-refractivity contribution < 1.29 is 9.32 Å². The van der Waals surface area contributed by atoms with Gasteiger partial charge in [-0.15, -0.1) is 0 Å². The highest BCUT2D eigenvalue weighted by Crippen LogP contribution is 2.23. The molecule has 1 aromatic carbocycles. The van der Waals surface area contributed by atoms with Gasteiger partial charge in [-0.1, -0.05) is 11.2 Å². The summed E-state index contributed by atoms with van der Waals surface area (Å²) in [4.78, 5) is 12.0. The first kappa shape index (κ1) is 11.0. The van der Waals surface area contributed by atoms with Gasteiger partial charge in [0.25, 0.3) is 5.91 Å². The fourth-order valence-corrected chi connectivity index (χ4v) is 2.33. The lowest BCUT2D eigenvalue weighted by Gasteiger charge is -2.04. The second-order valence-electron chi connectivity index (χ2n) is 4.61. The van der Waals surface area contributed by atoms with Crippen molar-refractivity contribution in [3.8, 4) is 0 Å².